The minimum atomic E-state index is -1.08. The van der Waals surface area contributed by atoms with Crippen LogP contribution in [0.15, 0.2) is 0 Å². The summed E-state index contributed by atoms with van der Waals surface area (Å²) < 4.78 is 0. The summed E-state index contributed by atoms with van der Waals surface area (Å²) in [6.45, 7) is 1.47. The van der Waals surface area contributed by atoms with Crippen molar-refractivity contribution in [2.45, 2.75) is 44.4 Å². The van der Waals surface area contributed by atoms with Crippen LogP contribution in [0, 0.1) is 5.92 Å². The Morgan fingerprint density at radius 3 is 2.43 bits per heavy atom. The molecule has 1 aromatic heterocycles. The number of hydrogen-bond donors (Lipinski definition) is 3. The highest BCUT2D eigenvalue weighted by atomic mass is 35.5. The summed E-state index contributed by atoms with van der Waals surface area (Å²) in [5, 5.41) is 5.86. The molecule has 1 saturated carbocycles. The third kappa shape index (κ3) is 5.27. The van der Waals surface area contributed by atoms with Gasteiger partial charge in [-0.1, -0.05) is 0 Å². The maximum Gasteiger partial charge on any atom is 0.309 e. The van der Waals surface area contributed by atoms with E-state index in [1.165, 1.54) is 16.2 Å². The van der Waals surface area contributed by atoms with Crippen LogP contribution in [0.5, 0.6) is 0 Å². The second-order valence-electron chi connectivity index (χ2n) is 7.83. The minimum Gasteiger partial charge on any atom is -0.361 e. The monoisotopic (exact) mass is 458 g/mol. The number of halogens is 1. The molecule has 0 radical (unpaired) electrons. The fourth-order valence-corrected chi connectivity index (χ4v) is 4.90. The van der Waals surface area contributed by atoms with E-state index in [-0.39, 0.29) is 30.1 Å². The zero-order valence-electron chi connectivity index (χ0n) is 17.1. The van der Waals surface area contributed by atoms with Gasteiger partial charge in [0.05, 0.1) is 11.7 Å². The van der Waals surface area contributed by atoms with Gasteiger partial charge in [-0.25, -0.2) is 4.98 Å². The Hall–Kier alpha value is -2.24. The van der Waals surface area contributed by atoms with Crippen molar-refractivity contribution in [2.75, 3.05) is 21.1 Å². The topological polar surface area (TPSA) is 138 Å². The Balaban J connectivity index is 0.00000320. The van der Waals surface area contributed by atoms with Crippen LogP contribution in [-0.4, -0.2) is 71.6 Å². The number of rotatable bonds is 4. The predicted molar refractivity (Wildman–Crippen MR) is 113 cm³/mol. The summed E-state index contributed by atoms with van der Waals surface area (Å²) in [6, 6.07) is -0.988. The molecular weight excluding hydrogens is 432 g/mol. The van der Waals surface area contributed by atoms with Crippen LogP contribution < -0.4 is 16.4 Å². The van der Waals surface area contributed by atoms with Gasteiger partial charge in [0.1, 0.15) is 0 Å². The fraction of sp³-hybridized carbons (Fsp3) is 0.611. The van der Waals surface area contributed by atoms with Crippen molar-refractivity contribution < 1.29 is 19.2 Å². The van der Waals surface area contributed by atoms with Gasteiger partial charge in [-0.3, -0.25) is 24.1 Å². The first-order chi connectivity index (χ1) is 13.7. The van der Waals surface area contributed by atoms with Crippen LogP contribution in [0.4, 0.5) is 0 Å². The summed E-state index contributed by atoms with van der Waals surface area (Å²) in [5.41, 5.74) is 5.96. The SMILES string of the molecule is CN1Cc2nc(C(=O)N[C@@H]3C[C@@H](C(=O)N(C)C)CC[C@@H]3NC(=O)C(N)=O)sc2C1.Cl. The van der Waals surface area contributed by atoms with Crippen LogP contribution in [-0.2, 0) is 27.5 Å². The Kier molecular flexibility index (Phi) is 7.78. The number of fused-ring (bicyclic) bond motifs is 1. The molecule has 2 heterocycles. The number of primary amides is 1. The molecule has 3 atom stereocenters. The lowest BCUT2D eigenvalue weighted by Gasteiger charge is -2.36. The second-order valence-corrected chi connectivity index (χ2v) is 8.91. The third-order valence-electron chi connectivity index (χ3n) is 5.30. The van der Waals surface area contributed by atoms with Gasteiger partial charge in [-0.2, -0.15) is 0 Å². The predicted octanol–water partition coefficient (Wildman–Crippen LogP) is -0.533. The van der Waals surface area contributed by atoms with Gasteiger partial charge in [0.2, 0.25) is 5.91 Å². The van der Waals surface area contributed by atoms with Crippen LogP contribution in [0.1, 0.15) is 39.6 Å². The molecule has 1 fully saturated rings. The first kappa shape index (κ1) is 24.0. The molecule has 3 rings (SSSR count). The number of nitrogens with one attached hydrogen (secondary N) is 2. The summed E-state index contributed by atoms with van der Waals surface area (Å²) in [5.74, 6) is -2.62. The lowest BCUT2D eigenvalue weighted by atomic mass is 9.81. The lowest BCUT2D eigenvalue weighted by molar-refractivity contribution is -0.138. The number of nitrogens with zero attached hydrogens (tertiary/aromatic N) is 3. The second kappa shape index (κ2) is 9.71. The molecule has 1 aromatic rings. The molecule has 1 aliphatic heterocycles. The molecule has 10 nitrogen and oxygen atoms in total. The average molecular weight is 459 g/mol. The van der Waals surface area contributed by atoms with E-state index in [0.29, 0.717) is 30.8 Å². The number of amides is 4. The molecule has 12 heteroatoms. The normalized spacial score (nSPS) is 23.1. The summed E-state index contributed by atoms with van der Waals surface area (Å²) >= 11 is 1.35. The number of aromatic nitrogens is 1. The van der Waals surface area contributed by atoms with E-state index in [4.69, 9.17) is 5.73 Å². The van der Waals surface area contributed by atoms with E-state index in [2.05, 4.69) is 20.5 Å². The first-order valence-corrected chi connectivity index (χ1v) is 10.3. The molecule has 0 unspecified atom stereocenters. The highest BCUT2D eigenvalue weighted by molar-refractivity contribution is 7.13. The number of nitrogens with two attached hydrogens (primary N) is 1. The van der Waals surface area contributed by atoms with Gasteiger partial charge in [-0.05, 0) is 26.3 Å². The Morgan fingerprint density at radius 1 is 1.13 bits per heavy atom. The third-order valence-corrected chi connectivity index (χ3v) is 6.38. The van der Waals surface area contributed by atoms with Crippen molar-refractivity contribution in [1.29, 1.82) is 0 Å². The quantitative estimate of drug-likeness (QED) is 0.518. The van der Waals surface area contributed by atoms with Crippen LogP contribution >= 0.6 is 23.7 Å². The summed E-state index contributed by atoms with van der Waals surface area (Å²) in [7, 11) is 5.36. The first-order valence-electron chi connectivity index (χ1n) is 9.45. The van der Waals surface area contributed by atoms with E-state index in [0.717, 1.165) is 17.1 Å². The van der Waals surface area contributed by atoms with Gasteiger partial charge in [0.25, 0.3) is 5.91 Å². The lowest BCUT2D eigenvalue weighted by Crippen LogP contribution is -2.57. The van der Waals surface area contributed by atoms with Crippen molar-refractivity contribution in [2.24, 2.45) is 11.7 Å². The molecule has 166 valence electrons. The number of carbonyl (C=O) groups excluding carboxylic acids is 4. The summed E-state index contributed by atoms with van der Waals surface area (Å²) in [4.78, 5) is 57.2. The van der Waals surface area contributed by atoms with Gasteiger partial charge < -0.3 is 21.3 Å². The van der Waals surface area contributed by atoms with E-state index in [9.17, 15) is 19.2 Å². The Labute approximate surface area is 185 Å². The zero-order chi connectivity index (χ0) is 21.3. The smallest absolute Gasteiger partial charge is 0.309 e. The zero-order valence-corrected chi connectivity index (χ0v) is 18.8. The fourth-order valence-electron chi connectivity index (χ4n) is 3.85. The Morgan fingerprint density at radius 2 is 1.83 bits per heavy atom. The molecule has 30 heavy (non-hydrogen) atoms. The maximum atomic E-state index is 12.8. The van der Waals surface area contributed by atoms with Crippen molar-refractivity contribution >= 4 is 47.4 Å². The molecule has 0 bridgehead atoms. The molecule has 0 spiro atoms. The van der Waals surface area contributed by atoms with Crippen molar-refractivity contribution in [3.05, 3.63) is 15.6 Å². The molecule has 1 aliphatic carbocycles. The largest absolute Gasteiger partial charge is 0.361 e. The average Bonchev–Trinajstić information content (AvgIpc) is 3.19. The Bertz CT molecular complexity index is 821. The highest BCUT2D eigenvalue weighted by Crippen LogP contribution is 2.29. The maximum absolute atomic E-state index is 12.8. The molecular formula is C18H27ClN6O4S. The molecule has 0 saturated heterocycles. The van der Waals surface area contributed by atoms with Crippen molar-refractivity contribution in [3.63, 3.8) is 0 Å². The minimum absolute atomic E-state index is 0. The van der Waals surface area contributed by atoms with Crippen molar-refractivity contribution in [3.8, 4) is 0 Å². The van der Waals surface area contributed by atoms with Crippen LogP contribution in [0.3, 0.4) is 0 Å². The van der Waals surface area contributed by atoms with Gasteiger partial charge in [0, 0.05) is 44.0 Å². The number of hydrogen-bond acceptors (Lipinski definition) is 7. The van der Waals surface area contributed by atoms with E-state index in [1.54, 1.807) is 14.1 Å². The van der Waals surface area contributed by atoms with Crippen LogP contribution in [0.25, 0.3) is 0 Å². The van der Waals surface area contributed by atoms with Gasteiger partial charge >= 0.3 is 11.8 Å². The molecule has 2 aliphatic rings. The molecule has 0 aromatic carbocycles. The van der Waals surface area contributed by atoms with E-state index in [1.807, 2.05) is 7.05 Å². The molecule has 4 amide bonds. The van der Waals surface area contributed by atoms with Gasteiger partial charge in [-0.15, -0.1) is 23.7 Å². The standard InChI is InChI=1S/C18H26N6O4S.ClH/c1-23(2)18(28)9-4-5-10(20-15(26)14(19)25)11(6-9)21-16(27)17-22-12-7-24(3)8-13(12)29-17;/h9-11H,4-8H2,1-3H3,(H2,19,25)(H,20,26)(H,21,27);1H/t9-,10-,11+;/m0./s1. The number of thiazole rings is 1. The summed E-state index contributed by atoms with van der Waals surface area (Å²) in [6.07, 6.45) is 1.36. The van der Waals surface area contributed by atoms with Crippen LogP contribution in [0.2, 0.25) is 0 Å². The number of carbonyl (C=O) groups is 4. The van der Waals surface area contributed by atoms with Gasteiger partial charge in [0.15, 0.2) is 5.01 Å². The van der Waals surface area contributed by atoms with E-state index < -0.39 is 23.9 Å². The van der Waals surface area contributed by atoms with Crippen molar-refractivity contribution in [1.82, 2.24) is 25.4 Å². The highest BCUT2D eigenvalue weighted by Gasteiger charge is 2.37. The molecule has 4 N–H and O–H groups in total. The van der Waals surface area contributed by atoms with E-state index >= 15 is 0 Å².